The maximum Gasteiger partial charge on any atom is 0.0330 e. The first-order valence-electron chi connectivity index (χ1n) is 8.70. The molecule has 3 heteroatoms. The number of thiophene rings is 1. The standard InChI is InChI=1S/C18H32N2S/c1-4-19-18-11-7-5-6-9-16(18)13-20(15(2)3)14-17-10-8-12-21-17/h8,10,12,15-16,18-19H,4-7,9,11,13-14H2,1-3H3. The van der Waals surface area contributed by atoms with Crippen molar-refractivity contribution < 1.29 is 0 Å². The van der Waals surface area contributed by atoms with E-state index < -0.39 is 0 Å². The summed E-state index contributed by atoms with van der Waals surface area (Å²) in [5.41, 5.74) is 0. The molecule has 1 N–H and O–H groups in total. The maximum atomic E-state index is 3.75. The zero-order chi connectivity index (χ0) is 15.1. The van der Waals surface area contributed by atoms with E-state index in [2.05, 4.69) is 48.5 Å². The highest BCUT2D eigenvalue weighted by Gasteiger charge is 2.26. The summed E-state index contributed by atoms with van der Waals surface area (Å²) in [6.07, 6.45) is 7.00. The average Bonchev–Trinajstić information content (AvgIpc) is 2.87. The molecule has 1 aromatic heterocycles. The molecule has 0 aromatic carbocycles. The molecule has 1 fully saturated rings. The van der Waals surface area contributed by atoms with Crippen LogP contribution in [0.15, 0.2) is 17.5 Å². The smallest absolute Gasteiger partial charge is 0.0330 e. The highest BCUT2D eigenvalue weighted by Crippen LogP contribution is 2.26. The molecule has 0 spiro atoms. The van der Waals surface area contributed by atoms with Crippen molar-refractivity contribution in [2.45, 2.75) is 71.5 Å². The molecule has 1 aromatic rings. The Kier molecular flexibility index (Phi) is 7.21. The molecule has 1 aliphatic rings. The third-order valence-corrected chi connectivity index (χ3v) is 5.62. The normalized spacial score (nSPS) is 23.7. The van der Waals surface area contributed by atoms with Crippen molar-refractivity contribution >= 4 is 11.3 Å². The first-order valence-corrected chi connectivity index (χ1v) is 9.58. The molecular weight excluding hydrogens is 276 g/mol. The fourth-order valence-corrected chi connectivity index (χ4v) is 4.23. The van der Waals surface area contributed by atoms with Crippen LogP contribution in [-0.4, -0.2) is 30.1 Å². The van der Waals surface area contributed by atoms with E-state index in [0.717, 1.165) is 25.0 Å². The number of nitrogens with one attached hydrogen (secondary N) is 1. The molecule has 1 saturated carbocycles. The molecule has 2 unspecified atom stereocenters. The van der Waals surface area contributed by atoms with Gasteiger partial charge in [0.15, 0.2) is 0 Å². The van der Waals surface area contributed by atoms with Gasteiger partial charge >= 0.3 is 0 Å². The second kappa shape index (κ2) is 8.92. The van der Waals surface area contributed by atoms with Crippen molar-refractivity contribution in [2.75, 3.05) is 13.1 Å². The van der Waals surface area contributed by atoms with Gasteiger partial charge in [-0.25, -0.2) is 0 Å². The summed E-state index contributed by atoms with van der Waals surface area (Å²) in [5, 5.41) is 5.95. The minimum absolute atomic E-state index is 0.623. The number of hydrogen-bond donors (Lipinski definition) is 1. The zero-order valence-corrected chi connectivity index (χ0v) is 14.8. The second-order valence-electron chi connectivity index (χ2n) is 6.66. The van der Waals surface area contributed by atoms with Crippen molar-refractivity contribution in [3.8, 4) is 0 Å². The van der Waals surface area contributed by atoms with Gasteiger partial charge in [-0.1, -0.05) is 32.3 Å². The van der Waals surface area contributed by atoms with Gasteiger partial charge in [0.25, 0.3) is 0 Å². The number of nitrogens with zero attached hydrogens (tertiary/aromatic N) is 1. The molecule has 120 valence electrons. The van der Waals surface area contributed by atoms with Gasteiger partial charge in [0.1, 0.15) is 0 Å². The van der Waals surface area contributed by atoms with Crippen LogP contribution >= 0.6 is 11.3 Å². The van der Waals surface area contributed by atoms with Gasteiger partial charge in [-0.2, -0.15) is 0 Å². The Balaban J connectivity index is 1.98. The largest absolute Gasteiger partial charge is 0.314 e. The van der Waals surface area contributed by atoms with Gasteiger partial charge < -0.3 is 5.32 Å². The van der Waals surface area contributed by atoms with Crippen LogP contribution in [-0.2, 0) is 6.54 Å². The Morgan fingerprint density at radius 2 is 2.10 bits per heavy atom. The van der Waals surface area contributed by atoms with Crippen LogP contribution in [0.5, 0.6) is 0 Å². The third kappa shape index (κ3) is 5.39. The van der Waals surface area contributed by atoms with Gasteiger partial charge in [-0.15, -0.1) is 11.3 Å². The topological polar surface area (TPSA) is 15.3 Å². The summed E-state index contributed by atoms with van der Waals surface area (Å²) in [4.78, 5) is 4.17. The van der Waals surface area contributed by atoms with Gasteiger partial charge in [0, 0.05) is 30.1 Å². The molecule has 2 nitrogen and oxygen atoms in total. The Morgan fingerprint density at radius 3 is 2.76 bits per heavy atom. The monoisotopic (exact) mass is 308 g/mol. The van der Waals surface area contributed by atoms with E-state index in [9.17, 15) is 0 Å². The fourth-order valence-electron chi connectivity index (χ4n) is 3.50. The zero-order valence-electron chi connectivity index (χ0n) is 14.0. The SMILES string of the molecule is CCNC1CCCCCC1CN(Cc1cccs1)C(C)C. The van der Waals surface area contributed by atoms with Crippen LogP contribution in [0, 0.1) is 5.92 Å². The molecule has 0 bridgehead atoms. The van der Waals surface area contributed by atoms with Gasteiger partial charge in [-0.05, 0) is 50.6 Å². The Bertz CT molecular complexity index is 375. The predicted octanol–water partition coefficient (Wildman–Crippen LogP) is 4.52. The summed E-state index contributed by atoms with van der Waals surface area (Å²) >= 11 is 1.89. The molecule has 21 heavy (non-hydrogen) atoms. The minimum atomic E-state index is 0.623. The fraction of sp³-hybridized carbons (Fsp3) is 0.778. The number of rotatable bonds is 7. The van der Waals surface area contributed by atoms with Crippen LogP contribution in [0.3, 0.4) is 0 Å². The first kappa shape index (κ1) is 17.0. The number of hydrogen-bond acceptors (Lipinski definition) is 3. The van der Waals surface area contributed by atoms with Crippen molar-refractivity contribution in [3.63, 3.8) is 0 Å². The Labute approximate surface area is 134 Å². The lowest BCUT2D eigenvalue weighted by atomic mass is 9.93. The molecule has 1 aliphatic carbocycles. The average molecular weight is 309 g/mol. The summed E-state index contributed by atoms with van der Waals surface area (Å²) in [5.74, 6) is 0.815. The van der Waals surface area contributed by atoms with Crippen LogP contribution in [0.4, 0.5) is 0 Å². The highest BCUT2D eigenvalue weighted by molar-refractivity contribution is 7.09. The lowest BCUT2D eigenvalue weighted by Gasteiger charge is -2.34. The second-order valence-corrected chi connectivity index (χ2v) is 7.70. The summed E-state index contributed by atoms with van der Waals surface area (Å²) < 4.78 is 0. The van der Waals surface area contributed by atoms with Gasteiger partial charge in [-0.3, -0.25) is 4.90 Å². The van der Waals surface area contributed by atoms with E-state index in [1.807, 2.05) is 11.3 Å². The predicted molar refractivity (Wildman–Crippen MR) is 93.9 cm³/mol. The van der Waals surface area contributed by atoms with Crippen LogP contribution in [0.25, 0.3) is 0 Å². The summed E-state index contributed by atoms with van der Waals surface area (Å²) in [7, 11) is 0. The van der Waals surface area contributed by atoms with E-state index >= 15 is 0 Å². The highest BCUT2D eigenvalue weighted by atomic mass is 32.1. The quantitative estimate of drug-likeness (QED) is 0.745. The first-order chi connectivity index (χ1) is 10.2. The Morgan fingerprint density at radius 1 is 1.29 bits per heavy atom. The molecule has 2 rings (SSSR count). The van der Waals surface area contributed by atoms with E-state index in [-0.39, 0.29) is 0 Å². The molecule has 0 saturated heterocycles. The molecule has 0 radical (unpaired) electrons. The molecule has 1 heterocycles. The van der Waals surface area contributed by atoms with Crippen molar-refractivity contribution in [2.24, 2.45) is 5.92 Å². The van der Waals surface area contributed by atoms with E-state index in [0.29, 0.717) is 6.04 Å². The molecule has 0 aliphatic heterocycles. The van der Waals surface area contributed by atoms with Crippen molar-refractivity contribution in [3.05, 3.63) is 22.4 Å². The van der Waals surface area contributed by atoms with Crippen LogP contribution < -0.4 is 5.32 Å². The van der Waals surface area contributed by atoms with Crippen LogP contribution in [0.1, 0.15) is 57.8 Å². The molecular formula is C18H32N2S. The lowest BCUT2D eigenvalue weighted by Crippen LogP contribution is -2.43. The van der Waals surface area contributed by atoms with Gasteiger partial charge in [0.05, 0.1) is 0 Å². The van der Waals surface area contributed by atoms with Crippen molar-refractivity contribution in [1.29, 1.82) is 0 Å². The Hall–Kier alpha value is -0.380. The molecule has 2 atom stereocenters. The lowest BCUT2D eigenvalue weighted by molar-refractivity contribution is 0.155. The van der Waals surface area contributed by atoms with E-state index in [1.54, 1.807) is 0 Å². The van der Waals surface area contributed by atoms with Crippen molar-refractivity contribution in [1.82, 2.24) is 10.2 Å². The third-order valence-electron chi connectivity index (χ3n) is 4.76. The maximum absolute atomic E-state index is 3.75. The summed E-state index contributed by atoms with van der Waals surface area (Å²) in [6, 6.07) is 5.79. The minimum Gasteiger partial charge on any atom is -0.314 e. The van der Waals surface area contributed by atoms with E-state index in [1.165, 1.54) is 43.5 Å². The van der Waals surface area contributed by atoms with Crippen LogP contribution in [0.2, 0.25) is 0 Å². The summed E-state index contributed by atoms with van der Waals surface area (Å²) in [6.45, 7) is 10.4. The molecule has 0 amide bonds. The van der Waals surface area contributed by atoms with E-state index in [4.69, 9.17) is 0 Å². The van der Waals surface area contributed by atoms with Gasteiger partial charge in [0.2, 0.25) is 0 Å².